The predicted octanol–water partition coefficient (Wildman–Crippen LogP) is 2.64. The van der Waals surface area contributed by atoms with Gasteiger partial charge in [-0.05, 0) is 42.6 Å². The molecule has 0 bridgehead atoms. The maximum absolute atomic E-state index is 13.4. The second-order valence-electron chi connectivity index (χ2n) is 9.61. The monoisotopic (exact) mass is 472 g/mol. The standard InChI is InChI=1S/C23H37ClN4O.CH4.2H2O/c1-17(2)21(26-11-14-27-13-10-25-16-27)22(29)28-12-9-20(23(3,4)15-28)18-5-7-19(24)8-6-18;;;/h5,7,10,13,17,20-21,25-26H,6,8-9,11-12,14-16H2,1-4H3;1H4;2*1H2/t20?,21-;;;/m1.../s1. The van der Waals surface area contributed by atoms with E-state index in [2.05, 4.69) is 66.5 Å². The first-order valence-corrected chi connectivity index (χ1v) is 11.4. The molecule has 1 fully saturated rings. The summed E-state index contributed by atoms with van der Waals surface area (Å²) in [5, 5.41) is 7.65. The van der Waals surface area contributed by atoms with E-state index in [9.17, 15) is 4.79 Å². The first-order valence-electron chi connectivity index (χ1n) is 11.0. The lowest BCUT2D eigenvalue weighted by Gasteiger charge is -2.47. The molecule has 3 rings (SSSR count). The van der Waals surface area contributed by atoms with Gasteiger partial charge >= 0.3 is 0 Å². The number of hydrogen-bond donors (Lipinski definition) is 2. The Morgan fingerprint density at radius 1 is 1.28 bits per heavy atom. The van der Waals surface area contributed by atoms with Crippen LogP contribution >= 0.6 is 11.6 Å². The van der Waals surface area contributed by atoms with Crippen molar-refractivity contribution in [3.05, 3.63) is 35.2 Å². The van der Waals surface area contributed by atoms with E-state index in [0.29, 0.717) is 5.92 Å². The first kappa shape index (κ1) is 30.5. The number of rotatable bonds is 7. The average Bonchev–Trinajstić information content (AvgIpc) is 3.18. The van der Waals surface area contributed by atoms with Gasteiger partial charge in [0.1, 0.15) is 0 Å². The van der Waals surface area contributed by atoms with Crippen LogP contribution in [-0.2, 0) is 4.79 Å². The van der Waals surface area contributed by atoms with Crippen molar-refractivity contribution in [1.82, 2.24) is 20.4 Å². The van der Waals surface area contributed by atoms with Gasteiger partial charge in [0, 0.05) is 43.6 Å². The van der Waals surface area contributed by atoms with Crippen molar-refractivity contribution in [3.8, 4) is 0 Å². The molecule has 0 aromatic rings. The van der Waals surface area contributed by atoms with Crippen LogP contribution in [0, 0.1) is 17.3 Å². The predicted molar refractivity (Wildman–Crippen MR) is 134 cm³/mol. The molecule has 32 heavy (non-hydrogen) atoms. The molecule has 1 saturated heterocycles. The zero-order valence-corrected chi connectivity index (χ0v) is 20.1. The zero-order valence-electron chi connectivity index (χ0n) is 19.4. The maximum atomic E-state index is 13.4. The summed E-state index contributed by atoms with van der Waals surface area (Å²) < 4.78 is 0. The molecule has 2 aliphatic heterocycles. The fraction of sp³-hybridized carbons (Fsp3) is 0.708. The molecule has 186 valence electrons. The van der Waals surface area contributed by atoms with Gasteiger partial charge in [0.25, 0.3) is 0 Å². The maximum Gasteiger partial charge on any atom is 0.239 e. The highest BCUT2D eigenvalue weighted by Crippen LogP contribution is 2.42. The largest absolute Gasteiger partial charge is 0.412 e. The summed E-state index contributed by atoms with van der Waals surface area (Å²) >= 11 is 6.15. The molecule has 2 atom stereocenters. The Morgan fingerprint density at radius 2 is 2.00 bits per heavy atom. The molecule has 6 N–H and O–H groups in total. The summed E-state index contributed by atoms with van der Waals surface area (Å²) in [6.07, 6.45) is 11.3. The lowest BCUT2D eigenvalue weighted by molar-refractivity contribution is -0.138. The van der Waals surface area contributed by atoms with Crippen LogP contribution in [0.3, 0.4) is 0 Å². The zero-order chi connectivity index (χ0) is 21.0. The number of nitrogens with zero attached hydrogens (tertiary/aromatic N) is 2. The fourth-order valence-corrected chi connectivity index (χ4v) is 5.01. The van der Waals surface area contributed by atoms with Gasteiger partial charge in [-0.1, -0.05) is 58.4 Å². The molecule has 3 aliphatic rings. The molecule has 2 heterocycles. The molecule has 0 saturated carbocycles. The van der Waals surface area contributed by atoms with Gasteiger partial charge in [-0.3, -0.25) is 4.79 Å². The van der Waals surface area contributed by atoms with Crippen molar-refractivity contribution in [2.24, 2.45) is 17.3 Å². The van der Waals surface area contributed by atoms with Gasteiger partial charge < -0.3 is 31.4 Å². The average molecular weight is 473 g/mol. The molecule has 0 radical (unpaired) electrons. The first-order chi connectivity index (χ1) is 13.8. The summed E-state index contributed by atoms with van der Waals surface area (Å²) in [5.74, 6) is 1.04. The SMILES string of the molecule is C.CC(C)[C@@H](NCCN1C=CNC1)C(=O)N1CCC(C2=CC=C(Cl)CC2)C(C)(C)C1.O.O. The Hall–Kier alpha value is -1.54. The minimum Gasteiger partial charge on any atom is -0.412 e. The van der Waals surface area contributed by atoms with Crippen LogP contribution in [-0.4, -0.2) is 65.5 Å². The van der Waals surface area contributed by atoms with Gasteiger partial charge in [-0.15, -0.1) is 0 Å². The summed E-state index contributed by atoms with van der Waals surface area (Å²) in [6.45, 7) is 13.1. The molecule has 1 aliphatic carbocycles. The van der Waals surface area contributed by atoms with Crippen molar-refractivity contribution in [1.29, 1.82) is 0 Å². The Balaban J connectivity index is 0.00000320. The molecule has 8 heteroatoms. The number of halogens is 1. The van der Waals surface area contributed by atoms with Gasteiger partial charge in [0.2, 0.25) is 5.91 Å². The van der Waals surface area contributed by atoms with E-state index in [1.165, 1.54) is 5.57 Å². The molecule has 0 aromatic carbocycles. The van der Waals surface area contributed by atoms with Gasteiger partial charge in [0.05, 0.1) is 12.7 Å². The third-order valence-corrected chi connectivity index (χ3v) is 6.83. The second kappa shape index (κ2) is 13.2. The molecule has 0 aromatic heterocycles. The summed E-state index contributed by atoms with van der Waals surface area (Å²) in [6, 6.07) is -0.127. The van der Waals surface area contributed by atoms with Crippen molar-refractivity contribution < 1.29 is 15.7 Å². The van der Waals surface area contributed by atoms with E-state index in [1.807, 2.05) is 6.20 Å². The van der Waals surface area contributed by atoms with E-state index in [1.54, 1.807) is 0 Å². The van der Waals surface area contributed by atoms with Crippen LogP contribution in [0.2, 0.25) is 0 Å². The minimum atomic E-state index is -0.127. The number of piperidine rings is 1. The quantitative estimate of drug-likeness (QED) is 0.593. The smallest absolute Gasteiger partial charge is 0.239 e. The normalized spacial score (nSPS) is 22.6. The van der Waals surface area contributed by atoms with Crippen molar-refractivity contribution in [2.45, 2.75) is 60.4 Å². The van der Waals surface area contributed by atoms with Crippen molar-refractivity contribution in [3.63, 3.8) is 0 Å². The topological polar surface area (TPSA) is 111 Å². The van der Waals surface area contributed by atoms with E-state index in [-0.39, 0.29) is 41.7 Å². The Morgan fingerprint density at radius 3 is 2.53 bits per heavy atom. The number of likely N-dealkylation sites (tertiary alicyclic amines) is 1. The van der Waals surface area contributed by atoms with Crippen LogP contribution in [0.25, 0.3) is 0 Å². The molecule has 1 unspecified atom stereocenters. The van der Waals surface area contributed by atoms with Crippen molar-refractivity contribution >= 4 is 17.5 Å². The number of hydrogen-bond acceptors (Lipinski definition) is 4. The van der Waals surface area contributed by atoms with Crippen LogP contribution in [0.4, 0.5) is 0 Å². The Labute approximate surface area is 199 Å². The van der Waals surface area contributed by atoms with E-state index < -0.39 is 0 Å². The lowest BCUT2D eigenvalue weighted by Crippen LogP contribution is -2.56. The highest BCUT2D eigenvalue weighted by atomic mass is 35.5. The number of amides is 1. The van der Waals surface area contributed by atoms with Crippen LogP contribution < -0.4 is 10.6 Å². The molecule has 1 amide bonds. The number of carbonyl (C=O) groups is 1. The summed E-state index contributed by atoms with van der Waals surface area (Å²) in [4.78, 5) is 17.7. The van der Waals surface area contributed by atoms with Gasteiger partial charge in [-0.25, -0.2) is 0 Å². The summed E-state index contributed by atoms with van der Waals surface area (Å²) in [5.41, 5.74) is 1.57. The molecule has 7 nitrogen and oxygen atoms in total. The van der Waals surface area contributed by atoms with Crippen molar-refractivity contribution in [2.75, 3.05) is 32.8 Å². The number of nitrogens with one attached hydrogen (secondary N) is 2. The minimum absolute atomic E-state index is 0. The second-order valence-corrected chi connectivity index (χ2v) is 10.1. The third kappa shape index (κ3) is 7.51. The van der Waals surface area contributed by atoms with Crippen LogP contribution in [0.15, 0.2) is 35.2 Å². The van der Waals surface area contributed by atoms with E-state index >= 15 is 0 Å². The number of carbonyl (C=O) groups excluding carboxylic acids is 1. The van der Waals surface area contributed by atoms with E-state index in [4.69, 9.17) is 11.6 Å². The lowest BCUT2D eigenvalue weighted by atomic mass is 9.68. The molecule has 0 spiro atoms. The van der Waals surface area contributed by atoms with Gasteiger partial charge in [-0.2, -0.15) is 0 Å². The van der Waals surface area contributed by atoms with E-state index in [0.717, 1.165) is 57.1 Å². The molecular weight excluding hydrogens is 428 g/mol. The third-order valence-electron chi connectivity index (χ3n) is 6.51. The highest BCUT2D eigenvalue weighted by molar-refractivity contribution is 6.29. The Kier molecular flexibility index (Phi) is 12.6. The fourth-order valence-electron chi connectivity index (χ4n) is 4.85. The van der Waals surface area contributed by atoms with Gasteiger partial charge in [0.15, 0.2) is 0 Å². The highest BCUT2D eigenvalue weighted by Gasteiger charge is 2.40. The Bertz CT molecular complexity index is 691. The summed E-state index contributed by atoms with van der Waals surface area (Å²) in [7, 11) is 0. The van der Waals surface area contributed by atoms with Crippen LogP contribution in [0.5, 0.6) is 0 Å². The molecular formula is C24H45ClN4O3. The van der Waals surface area contributed by atoms with Crippen LogP contribution in [0.1, 0.15) is 54.4 Å². The number of allylic oxidation sites excluding steroid dienone is 4.